The Morgan fingerprint density at radius 1 is 1.17 bits per heavy atom. The van der Waals surface area contributed by atoms with Crippen LogP contribution in [-0.2, 0) is 12.8 Å². The van der Waals surface area contributed by atoms with E-state index in [1.54, 1.807) is 0 Å². The zero-order valence-corrected chi connectivity index (χ0v) is 7.81. The summed E-state index contributed by atoms with van der Waals surface area (Å²) in [6.45, 7) is 0.828. The van der Waals surface area contributed by atoms with E-state index >= 15 is 0 Å². The minimum absolute atomic E-state index is 0. The largest absolute Gasteiger partial charge is 0.330 e. The zero-order chi connectivity index (χ0) is 7.68. The monoisotopic (exact) mass is 183 g/mol. The summed E-state index contributed by atoms with van der Waals surface area (Å²) >= 11 is 0. The van der Waals surface area contributed by atoms with Gasteiger partial charge in [0.05, 0.1) is 0 Å². The van der Waals surface area contributed by atoms with E-state index in [1.165, 1.54) is 24.0 Å². The lowest BCUT2D eigenvalue weighted by molar-refractivity contribution is 0.575. The molecule has 0 amide bonds. The fourth-order valence-corrected chi connectivity index (χ4v) is 1.82. The lowest BCUT2D eigenvalue weighted by atomic mass is 10.1. The molecule has 1 aliphatic rings. The molecule has 0 spiro atoms. The Hall–Kier alpha value is -0.530. The maximum Gasteiger partial charge on any atom is -0.00425 e. The van der Waals surface area contributed by atoms with Crippen molar-refractivity contribution < 1.29 is 0 Å². The van der Waals surface area contributed by atoms with Gasteiger partial charge in [0.1, 0.15) is 0 Å². The maximum atomic E-state index is 5.61. The molecule has 1 aromatic carbocycles. The highest BCUT2D eigenvalue weighted by atomic mass is 35.5. The van der Waals surface area contributed by atoms with Crippen molar-refractivity contribution in [3.8, 4) is 0 Å². The molecular formula is C10H14ClN. The first-order valence-electron chi connectivity index (χ1n) is 4.17. The average Bonchev–Trinajstić information content (AvgIpc) is 2.46. The molecule has 12 heavy (non-hydrogen) atoms. The topological polar surface area (TPSA) is 26.0 Å². The van der Waals surface area contributed by atoms with E-state index in [2.05, 4.69) is 24.3 Å². The van der Waals surface area contributed by atoms with Crippen LogP contribution in [0.25, 0.3) is 0 Å². The molecular weight excluding hydrogens is 170 g/mol. The Morgan fingerprint density at radius 2 is 1.67 bits per heavy atom. The van der Waals surface area contributed by atoms with Crippen LogP contribution in [0.2, 0.25) is 0 Å². The van der Waals surface area contributed by atoms with Crippen molar-refractivity contribution in [2.24, 2.45) is 11.7 Å². The van der Waals surface area contributed by atoms with Crippen LogP contribution >= 0.6 is 12.4 Å². The van der Waals surface area contributed by atoms with E-state index in [0.717, 1.165) is 6.54 Å². The summed E-state index contributed by atoms with van der Waals surface area (Å²) in [5.74, 6) is 0.701. The van der Waals surface area contributed by atoms with Crippen molar-refractivity contribution in [3.63, 3.8) is 0 Å². The number of hydrogen-bond acceptors (Lipinski definition) is 1. The molecule has 2 rings (SSSR count). The Labute approximate surface area is 79.4 Å². The van der Waals surface area contributed by atoms with Gasteiger partial charge >= 0.3 is 0 Å². The van der Waals surface area contributed by atoms with Crippen molar-refractivity contribution in [3.05, 3.63) is 35.4 Å². The molecule has 0 bridgehead atoms. The molecule has 0 saturated heterocycles. The third kappa shape index (κ3) is 1.62. The van der Waals surface area contributed by atoms with Gasteiger partial charge in [0.25, 0.3) is 0 Å². The Kier molecular flexibility index (Phi) is 3.12. The molecule has 0 aromatic heterocycles. The van der Waals surface area contributed by atoms with Crippen LogP contribution in [0.4, 0.5) is 0 Å². The van der Waals surface area contributed by atoms with Gasteiger partial charge in [-0.2, -0.15) is 0 Å². The van der Waals surface area contributed by atoms with Crippen LogP contribution in [0.15, 0.2) is 24.3 Å². The van der Waals surface area contributed by atoms with E-state index in [0.29, 0.717) is 5.92 Å². The lowest BCUT2D eigenvalue weighted by Gasteiger charge is -2.01. The van der Waals surface area contributed by atoms with Crippen molar-refractivity contribution in [2.75, 3.05) is 6.54 Å². The standard InChI is InChI=1S/C10H13N.ClH/c11-7-8-5-9-3-1-2-4-10(9)6-8;/h1-4,8H,5-7,11H2;1H. The van der Waals surface area contributed by atoms with Gasteiger partial charge < -0.3 is 5.73 Å². The van der Waals surface area contributed by atoms with Crippen LogP contribution in [0.3, 0.4) is 0 Å². The summed E-state index contributed by atoms with van der Waals surface area (Å²) in [5, 5.41) is 0. The highest BCUT2D eigenvalue weighted by Gasteiger charge is 2.18. The second-order valence-corrected chi connectivity index (χ2v) is 3.28. The second kappa shape index (κ2) is 3.92. The molecule has 2 heteroatoms. The summed E-state index contributed by atoms with van der Waals surface area (Å²) in [4.78, 5) is 0. The Bertz CT molecular complexity index is 235. The van der Waals surface area contributed by atoms with E-state index in [1.807, 2.05) is 0 Å². The SMILES string of the molecule is Cl.NCC1Cc2ccccc2C1. The molecule has 1 aromatic rings. The molecule has 2 N–H and O–H groups in total. The van der Waals surface area contributed by atoms with Crippen molar-refractivity contribution in [1.82, 2.24) is 0 Å². The summed E-state index contributed by atoms with van der Waals surface area (Å²) in [6, 6.07) is 8.64. The summed E-state index contributed by atoms with van der Waals surface area (Å²) in [6.07, 6.45) is 2.37. The average molecular weight is 184 g/mol. The number of nitrogens with two attached hydrogens (primary N) is 1. The first-order valence-corrected chi connectivity index (χ1v) is 4.17. The fourth-order valence-electron chi connectivity index (χ4n) is 1.82. The quantitative estimate of drug-likeness (QED) is 0.706. The molecule has 0 unspecified atom stereocenters. The molecule has 0 heterocycles. The fraction of sp³-hybridized carbons (Fsp3) is 0.400. The number of halogens is 1. The molecule has 0 radical (unpaired) electrons. The Balaban J connectivity index is 0.000000720. The predicted molar refractivity (Wildman–Crippen MR) is 53.6 cm³/mol. The first-order chi connectivity index (χ1) is 5.40. The molecule has 0 fully saturated rings. The maximum absolute atomic E-state index is 5.61. The van der Waals surface area contributed by atoms with Crippen molar-refractivity contribution in [1.29, 1.82) is 0 Å². The van der Waals surface area contributed by atoms with Crippen molar-refractivity contribution in [2.45, 2.75) is 12.8 Å². The number of rotatable bonds is 1. The molecule has 66 valence electrons. The third-order valence-electron chi connectivity index (χ3n) is 2.47. The molecule has 0 aliphatic heterocycles. The van der Waals surface area contributed by atoms with Gasteiger partial charge in [0, 0.05) is 0 Å². The van der Waals surface area contributed by atoms with Crippen LogP contribution < -0.4 is 5.73 Å². The minimum atomic E-state index is 0. The van der Waals surface area contributed by atoms with Crippen LogP contribution in [0.5, 0.6) is 0 Å². The van der Waals surface area contributed by atoms with Gasteiger partial charge in [-0.1, -0.05) is 24.3 Å². The Morgan fingerprint density at radius 3 is 2.08 bits per heavy atom. The van der Waals surface area contributed by atoms with Gasteiger partial charge in [0.15, 0.2) is 0 Å². The lowest BCUT2D eigenvalue weighted by Crippen LogP contribution is -2.13. The van der Waals surface area contributed by atoms with Gasteiger partial charge in [-0.3, -0.25) is 0 Å². The molecule has 1 aliphatic carbocycles. The first kappa shape index (κ1) is 9.56. The summed E-state index contributed by atoms with van der Waals surface area (Å²) in [5.41, 5.74) is 8.62. The third-order valence-corrected chi connectivity index (χ3v) is 2.47. The van der Waals surface area contributed by atoms with Crippen LogP contribution in [-0.4, -0.2) is 6.54 Å². The molecule has 0 saturated carbocycles. The summed E-state index contributed by atoms with van der Waals surface area (Å²) in [7, 11) is 0. The normalized spacial score (nSPS) is 15.4. The van der Waals surface area contributed by atoms with Crippen LogP contribution in [0, 0.1) is 5.92 Å². The molecule has 0 atom stereocenters. The minimum Gasteiger partial charge on any atom is -0.330 e. The number of fused-ring (bicyclic) bond motifs is 1. The van der Waals surface area contributed by atoms with Gasteiger partial charge in [-0.25, -0.2) is 0 Å². The van der Waals surface area contributed by atoms with Gasteiger partial charge in [-0.15, -0.1) is 12.4 Å². The highest BCUT2D eigenvalue weighted by Crippen LogP contribution is 2.25. The van der Waals surface area contributed by atoms with E-state index in [9.17, 15) is 0 Å². The smallest absolute Gasteiger partial charge is 0.00425 e. The second-order valence-electron chi connectivity index (χ2n) is 3.28. The van der Waals surface area contributed by atoms with Crippen LogP contribution in [0.1, 0.15) is 11.1 Å². The number of benzene rings is 1. The predicted octanol–water partition coefficient (Wildman–Crippen LogP) is 1.78. The van der Waals surface area contributed by atoms with Gasteiger partial charge in [0.2, 0.25) is 0 Å². The zero-order valence-electron chi connectivity index (χ0n) is 6.99. The van der Waals surface area contributed by atoms with Gasteiger partial charge in [-0.05, 0) is 36.4 Å². The summed E-state index contributed by atoms with van der Waals surface area (Å²) < 4.78 is 0. The molecule has 1 nitrogen and oxygen atoms in total. The number of hydrogen-bond donors (Lipinski definition) is 1. The van der Waals surface area contributed by atoms with E-state index < -0.39 is 0 Å². The highest BCUT2D eigenvalue weighted by molar-refractivity contribution is 5.85. The van der Waals surface area contributed by atoms with Crippen molar-refractivity contribution >= 4 is 12.4 Å². The van der Waals surface area contributed by atoms with E-state index in [4.69, 9.17) is 5.73 Å². The van der Waals surface area contributed by atoms with E-state index in [-0.39, 0.29) is 12.4 Å².